The SMILES string of the molecule is S=c1[nH]c2ccc(Cl)cc2n1-c1ccccn1. The molecule has 1 N–H and O–H groups in total. The summed E-state index contributed by atoms with van der Waals surface area (Å²) < 4.78 is 2.48. The minimum absolute atomic E-state index is 0.612. The first-order valence-electron chi connectivity index (χ1n) is 5.07. The lowest BCUT2D eigenvalue weighted by atomic mass is 10.3. The van der Waals surface area contributed by atoms with E-state index in [1.807, 2.05) is 41.0 Å². The summed E-state index contributed by atoms with van der Waals surface area (Å²) in [5.41, 5.74) is 1.88. The van der Waals surface area contributed by atoms with Crippen LogP contribution in [0.1, 0.15) is 0 Å². The zero-order chi connectivity index (χ0) is 11.8. The highest BCUT2D eigenvalue weighted by atomic mass is 35.5. The van der Waals surface area contributed by atoms with Crippen LogP contribution in [0.5, 0.6) is 0 Å². The maximum Gasteiger partial charge on any atom is 0.183 e. The summed E-state index contributed by atoms with van der Waals surface area (Å²) in [6, 6.07) is 11.3. The second kappa shape index (κ2) is 3.98. The fourth-order valence-electron chi connectivity index (χ4n) is 1.79. The Morgan fingerprint density at radius 2 is 2.12 bits per heavy atom. The van der Waals surface area contributed by atoms with Crippen molar-refractivity contribution in [2.75, 3.05) is 0 Å². The number of rotatable bonds is 1. The normalized spacial score (nSPS) is 10.9. The Hall–Kier alpha value is -1.65. The molecular weight excluding hydrogens is 254 g/mol. The second-order valence-corrected chi connectivity index (χ2v) is 4.44. The first kappa shape index (κ1) is 10.5. The highest BCUT2D eigenvalue weighted by Crippen LogP contribution is 2.21. The summed E-state index contributed by atoms with van der Waals surface area (Å²) in [6.45, 7) is 0. The number of pyridine rings is 1. The van der Waals surface area contributed by atoms with Crippen molar-refractivity contribution < 1.29 is 0 Å². The summed E-state index contributed by atoms with van der Waals surface area (Å²) in [5.74, 6) is 0.783. The van der Waals surface area contributed by atoms with Gasteiger partial charge in [-0.1, -0.05) is 17.7 Å². The van der Waals surface area contributed by atoms with Crippen molar-refractivity contribution in [1.82, 2.24) is 14.5 Å². The number of benzene rings is 1. The van der Waals surface area contributed by atoms with E-state index in [1.54, 1.807) is 6.20 Å². The lowest BCUT2D eigenvalue weighted by Gasteiger charge is -2.02. The lowest BCUT2D eigenvalue weighted by molar-refractivity contribution is 1.00. The van der Waals surface area contributed by atoms with Crippen LogP contribution >= 0.6 is 23.8 Å². The van der Waals surface area contributed by atoms with Gasteiger partial charge in [0.15, 0.2) is 4.77 Å². The zero-order valence-corrected chi connectivity index (χ0v) is 10.3. The molecule has 0 saturated carbocycles. The van der Waals surface area contributed by atoms with E-state index in [-0.39, 0.29) is 0 Å². The molecule has 0 saturated heterocycles. The van der Waals surface area contributed by atoms with Crippen molar-refractivity contribution in [3.05, 3.63) is 52.4 Å². The van der Waals surface area contributed by atoms with Gasteiger partial charge in [-0.25, -0.2) is 4.98 Å². The molecule has 3 rings (SSSR count). The number of imidazole rings is 1. The van der Waals surface area contributed by atoms with Crippen molar-refractivity contribution in [1.29, 1.82) is 0 Å². The van der Waals surface area contributed by atoms with E-state index >= 15 is 0 Å². The predicted octanol–water partition coefficient (Wildman–Crippen LogP) is 3.74. The number of fused-ring (bicyclic) bond motifs is 1. The number of halogens is 1. The Balaban J connectivity index is 2.40. The highest BCUT2D eigenvalue weighted by Gasteiger charge is 2.07. The van der Waals surface area contributed by atoms with Crippen molar-refractivity contribution in [3.63, 3.8) is 0 Å². The van der Waals surface area contributed by atoms with Gasteiger partial charge < -0.3 is 4.98 Å². The Morgan fingerprint density at radius 3 is 2.88 bits per heavy atom. The average Bonchev–Trinajstić information content (AvgIpc) is 2.65. The van der Waals surface area contributed by atoms with Crippen molar-refractivity contribution >= 4 is 34.9 Å². The van der Waals surface area contributed by atoms with E-state index in [9.17, 15) is 0 Å². The summed E-state index contributed by atoms with van der Waals surface area (Å²) >= 11 is 11.3. The Bertz CT molecular complexity index is 730. The largest absolute Gasteiger partial charge is 0.330 e. The Labute approximate surface area is 108 Å². The Kier molecular flexibility index (Phi) is 2.46. The van der Waals surface area contributed by atoms with Gasteiger partial charge in [0.2, 0.25) is 0 Å². The quantitative estimate of drug-likeness (QED) is 0.677. The van der Waals surface area contributed by atoms with E-state index in [1.165, 1.54) is 0 Å². The molecule has 0 radical (unpaired) electrons. The molecular formula is C12H8ClN3S. The molecule has 1 aromatic carbocycles. The minimum atomic E-state index is 0.612. The third-order valence-corrected chi connectivity index (χ3v) is 3.04. The molecule has 2 aromatic heterocycles. The third kappa shape index (κ3) is 1.75. The van der Waals surface area contributed by atoms with Crippen LogP contribution in [0.4, 0.5) is 0 Å². The molecule has 0 amide bonds. The topological polar surface area (TPSA) is 33.6 Å². The van der Waals surface area contributed by atoms with Crippen LogP contribution in [0.25, 0.3) is 16.9 Å². The van der Waals surface area contributed by atoms with Gasteiger partial charge in [-0.05, 0) is 42.5 Å². The summed E-state index contributed by atoms with van der Waals surface area (Å²) in [6.07, 6.45) is 1.74. The first-order chi connectivity index (χ1) is 8.25. The number of aromatic nitrogens is 3. The number of H-pyrrole nitrogens is 1. The molecule has 0 spiro atoms. The van der Waals surface area contributed by atoms with Gasteiger partial charge in [0.25, 0.3) is 0 Å². The number of hydrogen-bond acceptors (Lipinski definition) is 2. The van der Waals surface area contributed by atoms with E-state index in [4.69, 9.17) is 23.8 Å². The molecule has 5 heteroatoms. The van der Waals surface area contributed by atoms with Gasteiger partial charge in [0.05, 0.1) is 11.0 Å². The fraction of sp³-hybridized carbons (Fsp3) is 0. The molecule has 2 heterocycles. The van der Waals surface area contributed by atoms with Crippen molar-refractivity contribution in [3.8, 4) is 5.82 Å². The molecule has 0 aliphatic rings. The molecule has 17 heavy (non-hydrogen) atoms. The van der Waals surface area contributed by atoms with Crippen LogP contribution in [0, 0.1) is 4.77 Å². The fourth-order valence-corrected chi connectivity index (χ4v) is 2.26. The average molecular weight is 262 g/mol. The van der Waals surface area contributed by atoms with E-state index in [0.717, 1.165) is 16.9 Å². The highest BCUT2D eigenvalue weighted by molar-refractivity contribution is 7.71. The maximum atomic E-state index is 6.01. The van der Waals surface area contributed by atoms with Gasteiger partial charge in [0, 0.05) is 11.2 Å². The van der Waals surface area contributed by atoms with Crippen LogP contribution in [0.15, 0.2) is 42.6 Å². The van der Waals surface area contributed by atoms with E-state index in [0.29, 0.717) is 9.79 Å². The van der Waals surface area contributed by atoms with E-state index < -0.39 is 0 Å². The van der Waals surface area contributed by atoms with Crippen molar-refractivity contribution in [2.24, 2.45) is 0 Å². The molecule has 0 aliphatic heterocycles. The maximum absolute atomic E-state index is 6.01. The monoisotopic (exact) mass is 261 g/mol. The van der Waals surface area contributed by atoms with Crippen LogP contribution in [0.2, 0.25) is 5.02 Å². The van der Waals surface area contributed by atoms with Crippen LogP contribution in [-0.4, -0.2) is 14.5 Å². The molecule has 0 bridgehead atoms. The third-order valence-electron chi connectivity index (χ3n) is 2.52. The van der Waals surface area contributed by atoms with Gasteiger partial charge in [0.1, 0.15) is 5.82 Å². The van der Waals surface area contributed by atoms with Crippen molar-refractivity contribution in [2.45, 2.75) is 0 Å². The standard InChI is InChI=1S/C12H8ClN3S/c13-8-4-5-9-10(7-8)16(12(17)15-9)11-3-1-2-6-14-11/h1-7H,(H,15,17). The van der Waals surface area contributed by atoms with Gasteiger partial charge in [-0.2, -0.15) is 0 Å². The summed E-state index contributed by atoms with van der Waals surface area (Å²) in [5, 5.41) is 0.677. The Morgan fingerprint density at radius 1 is 1.24 bits per heavy atom. The molecule has 0 atom stereocenters. The second-order valence-electron chi connectivity index (χ2n) is 3.61. The molecule has 3 aromatic rings. The number of nitrogens with one attached hydrogen (secondary N) is 1. The van der Waals surface area contributed by atoms with Gasteiger partial charge in [-0.15, -0.1) is 0 Å². The minimum Gasteiger partial charge on any atom is -0.330 e. The van der Waals surface area contributed by atoms with Gasteiger partial charge in [-0.3, -0.25) is 4.57 Å². The van der Waals surface area contributed by atoms with E-state index in [2.05, 4.69) is 9.97 Å². The van der Waals surface area contributed by atoms with Crippen LogP contribution in [-0.2, 0) is 0 Å². The number of aromatic amines is 1. The van der Waals surface area contributed by atoms with Crippen LogP contribution < -0.4 is 0 Å². The zero-order valence-electron chi connectivity index (χ0n) is 8.72. The van der Waals surface area contributed by atoms with Gasteiger partial charge >= 0.3 is 0 Å². The predicted molar refractivity (Wildman–Crippen MR) is 71.3 cm³/mol. The molecule has 0 unspecified atom stereocenters. The number of hydrogen-bond donors (Lipinski definition) is 1. The molecule has 0 fully saturated rings. The molecule has 3 nitrogen and oxygen atoms in total. The molecule has 84 valence electrons. The summed E-state index contributed by atoms with van der Waals surface area (Å²) in [7, 11) is 0. The smallest absolute Gasteiger partial charge is 0.183 e. The van der Waals surface area contributed by atoms with Crippen LogP contribution in [0.3, 0.4) is 0 Å². The lowest BCUT2D eigenvalue weighted by Crippen LogP contribution is -1.96. The molecule has 0 aliphatic carbocycles. The number of nitrogens with zero attached hydrogens (tertiary/aromatic N) is 2. The first-order valence-corrected chi connectivity index (χ1v) is 5.86. The summed E-state index contributed by atoms with van der Waals surface area (Å²) in [4.78, 5) is 7.43.